The molecule has 0 unspecified atom stereocenters. The number of amides is 1. The molecule has 0 bridgehead atoms. The molecule has 0 spiro atoms. The Kier molecular flexibility index (Phi) is 5.28. The van der Waals surface area contributed by atoms with Crippen molar-refractivity contribution in [3.05, 3.63) is 71.8 Å². The van der Waals surface area contributed by atoms with Crippen LogP contribution >= 0.6 is 0 Å². The Morgan fingerprint density at radius 2 is 1.71 bits per heavy atom. The van der Waals surface area contributed by atoms with Gasteiger partial charge in [0, 0.05) is 9.84 Å². The Labute approximate surface area is 185 Å². The largest absolute Gasteiger partial charge is 0.497 e. The number of sulfonamides is 1. The summed E-state index contributed by atoms with van der Waals surface area (Å²) in [6, 6.07) is 17.4. The Hall–Kier alpha value is -3.23. The maximum Gasteiger partial charge on any atom is 0.238 e. The van der Waals surface area contributed by atoms with Gasteiger partial charge in [0.15, 0.2) is 0 Å². The number of benzene rings is 2. The van der Waals surface area contributed by atoms with Crippen molar-refractivity contribution in [3.8, 4) is 17.0 Å². The fourth-order valence-electron chi connectivity index (χ4n) is 3.61. The maximum absolute atomic E-state index is 13.1. The van der Waals surface area contributed by atoms with Crippen molar-refractivity contribution in [2.75, 3.05) is 12.4 Å². The molecule has 1 saturated carbocycles. The summed E-state index contributed by atoms with van der Waals surface area (Å²) in [6.45, 7) is 1.90. The van der Waals surface area contributed by atoms with E-state index in [0.29, 0.717) is 11.5 Å². The van der Waals surface area contributed by atoms with E-state index in [9.17, 15) is 13.2 Å². The van der Waals surface area contributed by atoms with E-state index in [0.717, 1.165) is 35.3 Å². The fraction of sp³-hybridized carbons (Fsp3) is 0.217. The monoisotopic (exact) mass is 443 g/mol. The number of nitrogens with two attached hydrogens (primary N) is 1. The second-order valence-corrected chi connectivity index (χ2v) is 9.26. The maximum atomic E-state index is 13.1. The van der Waals surface area contributed by atoms with Crippen molar-refractivity contribution >= 4 is 21.7 Å². The second kappa shape index (κ2) is 7.79. The number of carbonyl (C=O) groups is 1. The van der Waals surface area contributed by atoms with Crippen molar-refractivity contribution in [2.45, 2.75) is 30.1 Å². The molecule has 2 aromatic carbocycles. The van der Waals surface area contributed by atoms with Crippen LogP contribution in [-0.2, 0) is 20.2 Å². The molecule has 3 N–H and O–H groups in total. The van der Waals surface area contributed by atoms with Crippen LogP contribution in [0.5, 0.6) is 5.75 Å². The van der Waals surface area contributed by atoms with Crippen LogP contribution in [0.25, 0.3) is 11.3 Å². The molecular formula is C23H29N3O4S. The quantitative estimate of drug-likeness (QED) is 0.595. The molecule has 1 fully saturated rings. The van der Waals surface area contributed by atoms with Gasteiger partial charge in [0.25, 0.3) is 0 Å². The Balaban J connectivity index is 0.00000193. The highest BCUT2D eigenvalue weighted by molar-refractivity contribution is 7.89. The lowest BCUT2D eigenvalue weighted by molar-refractivity contribution is -0.118. The number of primary sulfonamides is 1. The average Bonchev–Trinajstić information content (AvgIpc) is 3.57. The number of rotatable bonds is 6. The number of anilines is 1. The van der Waals surface area contributed by atoms with E-state index in [4.69, 9.17) is 9.88 Å². The summed E-state index contributed by atoms with van der Waals surface area (Å²) < 4.78 is 28.2. The van der Waals surface area contributed by atoms with Crippen LogP contribution in [0.4, 0.5) is 5.82 Å². The minimum absolute atomic E-state index is 0. The predicted octanol–water partition coefficient (Wildman–Crippen LogP) is 4.12. The topological polar surface area (TPSA) is 111 Å². The molecule has 166 valence electrons. The number of carbonyl (C=O) groups excluding carboxylic acids is 1. The molecule has 1 heterocycles. The van der Waals surface area contributed by atoms with Crippen molar-refractivity contribution in [1.29, 1.82) is 0 Å². The minimum atomic E-state index is -3.76. The summed E-state index contributed by atoms with van der Waals surface area (Å²) in [5.41, 5.74) is 2.70. The number of aryl methyl sites for hydroxylation is 1. The Morgan fingerprint density at radius 3 is 2.26 bits per heavy atom. The molecule has 8 heteroatoms. The summed E-state index contributed by atoms with van der Waals surface area (Å²) >= 11 is 0. The minimum Gasteiger partial charge on any atom is -0.497 e. The molecule has 1 aromatic heterocycles. The van der Waals surface area contributed by atoms with Crippen LogP contribution in [0, 0.1) is 6.92 Å². The number of ether oxygens (including phenoxy) is 1. The first-order valence-electron chi connectivity index (χ1n) is 9.80. The van der Waals surface area contributed by atoms with E-state index in [1.165, 1.54) is 12.1 Å². The predicted molar refractivity (Wildman–Crippen MR) is 125 cm³/mol. The molecule has 0 aliphatic heterocycles. The van der Waals surface area contributed by atoms with Gasteiger partial charge in [-0.2, -0.15) is 0 Å². The smallest absolute Gasteiger partial charge is 0.238 e. The van der Waals surface area contributed by atoms with E-state index >= 15 is 0 Å². The molecule has 1 aliphatic carbocycles. The van der Waals surface area contributed by atoms with E-state index in [1.54, 1.807) is 25.3 Å². The zero-order valence-corrected chi connectivity index (χ0v) is 18.1. The highest BCUT2D eigenvalue weighted by atomic mass is 32.2. The van der Waals surface area contributed by atoms with Crippen LogP contribution in [0.15, 0.2) is 65.6 Å². The summed E-state index contributed by atoms with van der Waals surface area (Å²) in [4.78, 5) is 17.7. The number of aromatic nitrogens is 1. The number of methoxy groups -OCH3 is 1. The summed E-state index contributed by atoms with van der Waals surface area (Å²) in [5, 5.41) is 8.11. The van der Waals surface area contributed by atoms with Gasteiger partial charge in [0.05, 0.1) is 23.1 Å². The first kappa shape index (κ1) is 21.0. The van der Waals surface area contributed by atoms with E-state index in [-0.39, 0.29) is 15.1 Å². The molecule has 4 rings (SSSR count). The third-order valence-electron chi connectivity index (χ3n) is 5.62. The molecule has 1 amide bonds. The fourth-order valence-corrected chi connectivity index (χ4v) is 4.13. The highest BCUT2D eigenvalue weighted by Gasteiger charge is 2.51. The van der Waals surface area contributed by atoms with Gasteiger partial charge in [0.1, 0.15) is 11.6 Å². The van der Waals surface area contributed by atoms with Gasteiger partial charge in [-0.1, -0.05) is 30.3 Å². The van der Waals surface area contributed by atoms with Gasteiger partial charge >= 0.3 is 0 Å². The van der Waals surface area contributed by atoms with Crippen molar-refractivity contribution in [1.82, 2.24) is 4.98 Å². The lowest BCUT2D eigenvalue weighted by Gasteiger charge is -2.17. The third kappa shape index (κ3) is 4.17. The van der Waals surface area contributed by atoms with E-state index in [1.807, 2.05) is 37.3 Å². The summed E-state index contributed by atoms with van der Waals surface area (Å²) in [7, 11) is -2.15. The molecule has 7 nitrogen and oxygen atoms in total. The molecule has 1 aliphatic rings. The normalized spacial score (nSPS) is 14.7. The lowest BCUT2D eigenvalue weighted by atomic mass is 9.95. The number of hydrogen-bond donors (Lipinski definition) is 2. The molecular weight excluding hydrogens is 414 g/mol. The molecule has 0 saturated heterocycles. The number of nitrogens with one attached hydrogen (secondary N) is 1. The van der Waals surface area contributed by atoms with Crippen LogP contribution in [0.2, 0.25) is 0 Å². The van der Waals surface area contributed by atoms with Crippen molar-refractivity contribution in [3.63, 3.8) is 0 Å². The first-order chi connectivity index (χ1) is 14.7. The standard InChI is InChI=1S/C23H23N3O4S.3H2/c1-15-3-12-20(25-21(15)16-4-10-19(11-5-16)31(24,28)29)26-22(27)23(13-14-23)17-6-8-18(30-2)9-7-17;;;/h3-12H,13-14H2,1-2H3,(H2,24,28,29)(H,25,26,27);3*1H. The van der Waals surface area contributed by atoms with E-state index < -0.39 is 15.4 Å². The zero-order chi connectivity index (χ0) is 22.2. The summed E-state index contributed by atoms with van der Waals surface area (Å²) in [5.74, 6) is 1.10. The number of nitrogens with zero attached hydrogens (tertiary/aromatic N) is 1. The van der Waals surface area contributed by atoms with Crippen LogP contribution in [0.3, 0.4) is 0 Å². The van der Waals surface area contributed by atoms with Gasteiger partial charge in [-0.05, 0) is 61.2 Å². The van der Waals surface area contributed by atoms with Crippen LogP contribution in [0.1, 0.15) is 28.2 Å². The van der Waals surface area contributed by atoms with Crippen molar-refractivity contribution in [2.24, 2.45) is 5.14 Å². The van der Waals surface area contributed by atoms with Gasteiger partial charge in [-0.3, -0.25) is 4.79 Å². The van der Waals surface area contributed by atoms with Gasteiger partial charge in [-0.25, -0.2) is 18.5 Å². The Bertz CT molecular complexity index is 1250. The van der Waals surface area contributed by atoms with Crippen molar-refractivity contribution < 1.29 is 22.2 Å². The van der Waals surface area contributed by atoms with Crippen LogP contribution < -0.4 is 15.2 Å². The molecule has 0 radical (unpaired) electrons. The van der Waals surface area contributed by atoms with Gasteiger partial charge in [0.2, 0.25) is 15.9 Å². The first-order valence-corrected chi connectivity index (χ1v) is 11.3. The number of pyridine rings is 1. The number of hydrogen-bond acceptors (Lipinski definition) is 5. The Morgan fingerprint density at radius 1 is 1.06 bits per heavy atom. The second-order valence-electron chi connectivity index (χ2n) is 7.70. The molecule has 3 aromatic rings. The summed E-state index contributed by atoms with van der Waals surface area (Å²) in [6.07, 6.45) is 1.55. The third-order valence-corrected chi connectivity index (χ3v) is 6.55. The van der Waals surface area contributed by atoms with E-state index in [2.05, 4.69) is 10.3 Å². The van der Waals surface area contributed by atoms with Gasteiger partial charge < -0.3 is 10.1 Å². The molecule has 0 atom stereocenters. The zero-order valence-electron chi connectivity index (χ0n) is 17.3. The SMILES string of the molecule is COc1ccc(C2(C(=O)Nc3ccc(C)c(-c4ccc(S(N)(=O)=O)cc4)n3)CC2)cc1.[HH].[HH].[HH]. The average molecular weight is 444 g/mol. The van der Waals surface area contributed by atoms with Crippen LogP contribution in [-0.4, -0.2) is 26.4 Å². The van der Waals surface area contributed by atoms with Gasteiger partial charge in [-0.15, -0.1) is 0 Å². The highest BCUT2D eigenvalue weighted by Crippen LogP contribution is 2.49. The molecule has 31 heavy (non-hydrogen) atoms. The lowest BCUT2D eigenvalue weighted by Crippen LogP contribution is -2.28.